The van der Waals surface area contributed by atoms with Crippen LogP contribution in [0, 0.1) is 5.41 Å². The Morgan fingerprint density at radius 2 is 1.74 bits per heavy atom. The Bertz CT molecular complexity index is 657. The second-order valence-electron chi connectivity index (χ2n) is 8.80. The van der Waals surface area contributed by atoms with Crippen LogP contribution in [0.1, 0.15) is 57.1 Å². The summed E-state index contributed by atoms with van der Waals surface area (Å²) in [5, 5.41) is 8.87. The molecule has 1 amide bonds. The molecule has 0 saturated carbocycles. The van der Waals surface area contributed by atoms with Crippen molar-refractivity contribution in [3.05, 3.63) is 11.6 Å². The number of piperidine rings is 1. The predicted octanol–water partition coefficient (Wildman–Crippen LogP) is 1.68. The molecule has 3 aliphatic heterocycles. The van der Waals surface area contributed by atoms with E-state index >= 15 is 0 Å². The van der Waals surface area contributed by atoms with Crippen LogP contribution < -0.4 is 0 Å². The van der Waals surface area contributed by atoms with Crippen molar-refractivity contribution in [1.29, 1.82) is 0 Å². The van der Waals surface area contributed by atoms with Crippen molar-refractivity contribution in [2.75, 3.05) is 45.9 Å². The summed E-state index contributed by atoms with van der Waals surface area (Å²) in [6.45, 7) is 11.0. The molecule has 7 heteroatoms. The van der Waals surface area contributed by atoms with Gasteiger partial charge in [-0.2, -0.15) is 0 Å². The van der Waals surface area contributed by atoms with Gasteiger partial charge in [-0.3, -0.25) is 9.69 Å². The number of hydrogen-bond acceptors (Lipinski definition) is 5. The third kappa shape index (κ3) is 4.04. The first-order valence-corrected chi connectivity index (χ1v) is 10.6. The minimum Gasteiger partial charge on any atom is -0.379 e. The average molecular weight is 376 g/mol. The lowest BCUT2D eigenvalue weighted by Gasteiger charge is -2.42. The van der Waals surface area contributed by atoms with Crippen LogP contribution >= 0.6 is 0 Å². The molecule has 2 saturated heterocycles. The minimum atomic E-state index is 0.291. The summed E-state index contributed by atoms with van der Waals surface area (Å²) < 4.78 is 7.74. The van der Waals surface area contributed by atoms with Gasteiger partial charge in [-0.25, -0.2) is 0 Å². The number of morpholine rings is 1. The van der Waals surface area contributed by atoms with E-state index in [1.807, 2.05) is 0 Å². The monoisotopic (exact) mass is 375 g/mol. The van der Waals surface area contributed by atoms with Crippen molar-refractivity contribution in [1.82, 2.24) is 24.6 Å². The molecule has 3 aliphatic rings. The minimum absolute atomic E-state index is 0.291. The predicted molar refractivity (Wildman–Crippen MR) is 103 cm³/mol. The topological polar surface area (TPSA) is 63.5 Å². The van der Waals surface area contributed by atoms with E-state index in [0.29, 0.717) is 23.8 Å². The summed E-state index contributed by atoms with van der Waals surface area (Å²) in [5.74, 6) is 2.99. The maximum absolute atomic E-state index is 12.7. The van der Waals surface area contributed by atoms with E-state index in [2.05, 4.69) is 38.4 Å². The highest BCUT2D eigenvalue weighted by atomic mass is 16.5. The molecule has 0 N–H and O–H groups in total. The second kappa shape index (κ2) is 7.87. The molecule has 0 bridgehead atoms. The van der Waals surface area contributed by atoms with E-state index in [9.17, 15) is 4.79 Å². The number of ether oxygens (including phenoxy) is 1. The number of aryl methyl sites for hydroxylation is 1. The van der Waals surface area contributed by atoms with Gasteiger partial charge in [0.15, 0.2) is 0 Å². The van der Waals surface area contributed by atoms with Gasteiger partial charge in [-0.05, 0) is 31.1 Å². The van der Waals surface area contributed by atoms with Crippen LogP contribution in [-0.2, 0) is 22.5 Å². The van der Waals surface area contributed by atoms with Gasteiger partial charge >= 0.3 is 0 Å². The molecule has 1 spiro atoms. The maximum atomic E-state index is 12.7. The van der Waals surface area contributed by atoms with Crippen LogP contribution in [0.2, 0.25) is 0 Å². The van der Waals surface area contributed by atoms with Crippen LogP contribution in [0.15, 0.2) is 0 Å². The Hall–Kier alpha value is -1.47. The molecule has 7 nitrogen and oxygen atoms in total. The van der Waals surface area contributed by atoms with Crippen LogP contribution in [0.3, 0.4) is 0 Å². The van der Waals surface area contributed by atoms with Crippen LogP contribution in [0.4, 0.5) is 0 Å². The first-order chi connectivity index (χ1) is 13.1. The Labute approximate surface area is 162 Å². The highest BCUT2D eigenvalue weighted by Gasteiger charge is 2.38. The van der Waals surface area contributed by atoms with Gasteiger partial charge in [-0.1, -0.05) is 13.8 Å². The Kier molecular flexibility index (Phi) is 5.50. The third-order valence-electron chi connectivity index (χ3n) is 6.76. The summed E-state index contributed by atoms with van der Waals surface area (Å²) in [5.41, 5.74) is 0.366. The molecule has 150 valence electrons. The van der Waals surface area contributed by atoms with Crippen molar-refractivity contribution >= 4 is 5.91 Å². The zero-order valence-corrected chi connectivity index (χ0v) is 16.8. The number of likely N-dealkylation sites (tertiary alicyclic amines) is 1. The Morgan fingerprint density at radius 3 is 2.44 bits per heavy atom. The molecule has 0 aliphatic carbocycles. The quantitative estimate of drug-likeness (QED) is 0.804. The third-order valence-corrected chi connectivity index (χ3v) is 6.76. The fraction of sp³-hybridized carbons (Fsp3) is 0.850. The highest BCUT2D eigenvalue weighted by molar-refractivity contribution is 5.78. The van der Waals surface area contributed by atoms with E-state index in [0.717, 1.165) is 76.8 Å². The van der Waals surface area contributed by atoms with Crippen molar-refractivity contribution in [2.24, 2.45) is 5.41 Å². The Morgan fingerprint density at radius 1 is 1.04 bits per heavy atom. The zero-order valence-electron chi connectivity index (χ0n) is 16.8. The summed E-state index contributed by atoms with van der Waals surface area (Å²) in [6, 6.07) is 0. The SMILES string of the molecule is CC(C)c1nnc2n1CCC1(CC2)CCN(C(=O)CN2CCOCC2)CC1. The first kappa shape index (κ1) is 18.9. The number of amides is 1. The molecule has 0 unspecified atom stereocenters. The lowest BCUT2D eigenvalue weighted by Crippen LogP contribution is -2.48. The fourth-order valence-electron chi connectivity index (χ4n) is 4.84. The molecule has 0 aromatic carbocycles. The maximum Gasteiger partial charge on any atom is 0.236 e. The lowest BCUT2D eigenvalue weighted by atomic mass is 9.72. The molecule has 2 fully saturated rings. The smallest absolute Gasteiger partial charge is 0.236 e. The van der Waals surface area contributed by atoms with Gasteiger partial charge in [-0.15, -0.1) is 10.2 Å². The van der Waals surface area contributed by atoms with Crippen molar-refractivity contribution in [2.45, 2.75) is 58.4 Å². The van der Waals surface area contributed by atoms with Gasteiger partial charge in [0.2, 0.25) is 5.91 Å². The van der Waals surface area contributed by atoms with Crippen LogP contribution in [-0.4, -0.2) is 76.4 Å². The van der Waals surface area contributed by atoms with Crippen molar-refractivity contribution < 1.29 is 9.53 Å². The molecule has 0 atom stereocenters. The summed E-state index contributed by atoms with van der Waals surface area (Å²) in [6.07, 6.45) is 5.62. The van der Waals surface area contributed by atoms with Crippen LogP contribution in [0.5, 0.6) is 0 Å². The number of carbonyl (C=O) groups excluding carboxylic acids is 1. The molecule has 1 aromatic rings. The lowest BCUT2D eigenvalue weighted by molar-refractivity contribution is -0.136. The summed E-state index contributed by atoms with van der Waals surface area (Å²) in [7, 11) is 0. The number of carbonyl (C=O) groups is 1. The Balaban J connectivity index is 1.32. The zero-order chi connectivity index (χ0) is 18.9. The van der Waals surface area contributed by atoms with Gasteiger partial charge < -0.3 is 14.2 Å². The first-order valence-electron chi connectivity index (χ1n) is 10.6. The van der Waals surface area contributed by atoms with E-state index in [1.54, 1.807) is 0 Å². The summed E-state index contributed by atoms with van der Waals surface area (Å²) >= 11 is 0. The van der Waals surface area contributed by atoms with Gasteiger partial charge in [0.1, 0.15) is 11.6 Å². The number of nitrogens with zero attached hydrogens (tertiary/aromatic N) is 5. The molecule has 4 heterocycles. The molecule has 27 heavy (non-hydrogen) atoms. The van der Waals surface area contributed by atoms with Gasteiger partial charge in [0.25, 0.3) is 0 Å². The molecule has 1 aromatic heterocycles. The van der Waals surface area contributed by atoms with E-state index in [-0.39, 0.29) is 0 Å². The van der Waals surface area contributed by atoms with Crippen molar-refractivity contribution in [3.63, 3.8) is 0 Å². The molecule has 0 radical (unpaired) electrons. The fourth-order valence-corrected chi connectivity index (χ4v) is 4.84. The number of fused-ring (bicyclic) bond motifs is 1. The number of hydrogen-bond donors (Lipinski definition) is 0. The van der Waals surface area contributed by atoms with Gasteiger partial charge in [0, 0.05) is 45.1 Å². The van der Waals surface area contributed by atoms with Crippen LogP contribution in [0.25, 0.3) is 0 Å². The normalized spacial score (nSPS) is 23.4. The average Bonchev–Trinajstić information content (AvgIpc) is 3.02. The standard InChI is InChI=1S/C20H33N5O2/c1-16(2)19-22-21-17-3-4-20(7-10-25(17)19)5-8-24(9-6-20)18(26)15-23-11-13-27-14-12-23/h16H,3-15H2,1-2H3. The van der Waals surface area contributed by atoms with E-state index < -0.39 is 0 Å². The molecular weight excluding hydrogens is 342 g/mol. The van der Waals surface area contributed by atoms with E-state index in [1.165, 1.54) is 12.8 Å². The second-order valence-corrected chi connectivity index (χ2v) is 8.80. The largest absolute Gasteiger partial charge is 0.379 e. The molecular formula is C20H33N5O2. The number of aromatic nitrogens is 3. The molecule has 4 rings (SSSR count). The highest BCUT2D eigenvalue weighted by Crippen LogP contribution is 2.42. The van der Waals surface area contributed by atoms with Gasteiger partial charge in [0.05, 0.1) is 19.8 Å². The summed E-state index contributed by atoms with van der Waals surface area (Å²) in [4.78, 5) is 17.0. The van der Waals surface area contributed by atoms with E-state index in [4.69, 9.17) is 4.74 Å². The number of rotatable bonds is 3. The van der Waals surface area contributed by atoms with Crippen molar-refractivity contribution in [3.8, 4) is 0 Å².